The van der Waals surface area contributed by atoms with Gasteiger partial charge in [-0.2, -0.15) is 17.0 Å². The Hall–Kier alpha value is -1.09. The van der Waals surface area contributed by atoms with E-state index in [-0.39, 0.29) is 6.04 Å². The van der Waals surface area contributed by atoms with Gasteiger partial charge in [-0.3, -0.25) is 9.97 Å². The lowest BCUT2D eigenvalue weighted by Gasteiger charge is -2.36. The summed E-state index contributed by atoms with van der Waals surface area (Å²) in [6.07, 6.45) is 4.68. The third-order valence-corrected chi connectivity index (χ3v) is 5.62. The maximum Gasteiger partial charge on any atom is 0.281 e. The molecule has 1 aliphatic heterocycles. The molecule has 0 saturated carbocycles. The molecule has 0 spiro atoms. The van der Waals surface area contributed by atoms with Gasteiger partial charge in [0.15, 0.2) is 0 Å². The maximum absolute atomic E-state index is 12.3. The number of aryl methyl sites for hydroxylation is 2. The van der Waals surface area contributed by atoms with E-state index in [2.05, 4.69) is 9.97 Å². The Morgan fingerprint density at radius 1 is 1.38 bits per heavy atom. The Morgan fingerprint density at radius 3 is 2.76 bits per heavy atom. The highest BCUT2D eigenvalue weighted by molar-refractivity contribution is 7.86. The van der Waals surface area contributed by atoms with Gasteiger partial charge in [0.25, 0.3) is 10.2 Å². The number of hydrogen-bond acceptors (Lipinski definition) is 5. The first-order valence-electron chi connectivity index (χ1n) is 6.96. The van der Waals surface area contributed by atoms with E-state index in [9.17, 15) is 8.42 Å². The maximum atomic E-state index is 12.3. The van der Waals surface area contributed by atoms with Crippen LogP contribution in [0, 0.1) is 6.92 Å². The third kappa shape index (κ3) is 3.76. The van der Waals surface area contributed by atoms with Crippen LogP contribution in [0.25, 0.3) is 0 Å². The van der Waals surface area contributed by atoms with Crippen LogP contribution in [-0.2, 0) is 21.4 Å². The van der Waals surface area contributed by atoms with Gasteiger partial charge >= 0.3 is 0 Å². The molecule has 1 aromatic rings. The van der Waals surface area contributed by atoms with Crippen molar-refractivity contribution in [2.24, 2.45) is 0 Å². The lowest BCUT2D eigenvalue weighted by molar-refractivity contribution is 0.0276. The number of hydrogen-bond donors (Lipinski definition) is 0. The van der Waals surface area contributed by atoms with Crippen molar-refractivity contribution in [3.63, 3.8) is 0 Å². The molecule has 0 bridgehead atoms. The Balaban J connectivity index is 2.08. The molecule has 1 aliphatic rings. The highest BCUT2D eigenvalue weighted by atomic mass is 32.2. The molecule has 1 aromatic heterocycles. The molecule has 0 radical (unpaired) electrons. The molecule has 2 heterocycles. The van der Waals surface area contributed by atoms with Gasteiger partial charge in [-0.25, -0.2) is 0 Å². The molecule has 0 aromatic carbocycles. The Bertz CT molecular complexity index is 577. The van der Waals surface area contributed by atoms with E-state index < -0.39 is 10.2 Å². The second-order valence-electron chi connectivity index (χ2n) is 5.26. The summed E-state index contributed by atoms with van der Waals surface area (Å²) in [7, 11) is -0.312. The summed E-state index contributed by atoms with van der Waals surface area (Å²) >= 11 is 0. The zero-order valence-electron chi connectivity index (χ0n) is 12.7. The fourth-order valence-corrected chi connectivity index (χ4v) is 3.63. The molecule has 1 atom stereocenters. The van der Waals surface area contributed by atoms with Crippen LogP contribution in [0.4, 0.5) is 0 Å². The summed E-state index contributed by atoms with van der Waals surface area (Å²) in [5.41, 5.74) is 1.79. The van der Waals surface area contributed by atoms with Crippen molar-refractivity contribution in [3.05, 3.63) is 23.8 Å². The van der Waals surface area contributed by atoms with Crippen LogP contribution in [0.15, 0.2) is 12.4 Å². The molecule has 2 rings (SSSR count). The van der Waals surface area contributed by atoms with Gasteiger partial charge in [0.1, 0.15) is 0 Å². The first-order chi connectivity index (χ1) is 9.93. The molecule has 0 unspecified atom stereocenters. The molecule has 118 valence electrons. The monoisotopic (exact) mass is 314 g/mol. The number of ether oxygens (including phenoxy) is 1. The predicted molar refractivity (Wildman–Crippen MR) is 79.0 cm³/mol. The molecule has 21 heavy (non-hydrogen) atoms. The first-order valence-corrected chi connectivity index (χ1v) is 8.36. The zero-order chi connectivity index (χ0) is 15.5. The minimum atomic E-state index is -3.41. The van der Waals surface area contributed by atoms with Crippen molar-refractivity contribution < 1.29 is 13.2 Å². The quantitative estimate of drug-likeness (QED) is 0.777. The van der Waals surface area contributed by atoms with Crippen molar-refractivity contribution in [2.45, 2.75) is 25.8 Å². The number of aromatic nitrogens is 2. The lowest BCUT2D eigenvalue weighted by Crippen LogP contribution is -2.52. The van der Waals surface area contributed by atoms with Gasteiger partial charge in [0.05, 0.1) is 24.6 Å². The molecule has 1 saturated heterocycles. The zero-order valence-corrected chi connectivity index (χ0v) is 13.5. The van der Waals surface area contributed by atoms with Crippen LogP contribution in [-0.4, -0.2) is 66.9 Å². The number of rotatable bonds is 5. The molecule has 7 nitrogen and oxygen atoms in total. The summed E-state index contributed by atoms with van der Waals surface area (Å²) in [5, 5.41) is 0. The Kier molecular flexibility index (Phi) is 5.26. The fourth-order valence-electron chi connectivity index (χ4n) is 2.37. The summed E-state index contributed by atoms with van der Waals surface area (Å²) in [6, 6.07) is -0.160. The van der Waals surface area contributed by atoms with Crippen LogP contribution in [0.2, 0.25) is 0 Å². The standard InChI is InChI=1S/C13H22N4O3S/c1-11-13(15-7-6-14-11)5-4-12-10-20-9-8-17(12)21(18,19)16(2)3/h6-7,12H,4-5,8-10H2,1-3H3/t12-/m1/s1. The van der Waals surface area contributed by atoms with Crippen molar-refractivity contribution in [1.82, 2.24) is 18.6 Å². The van der Waals surface area contributed by atoms with E-state index >= 15 is 0 Å². The van der Waals surface area contributed by atoms with Crippen LogP contribution >= 0.6 is 0 Å². The molecule has 8 heteroatoms. The summed E-state index contributed by atoms with van der Waals surface area (Å²) < 4.78 is 32.9. The SMILES string of the molecule is Cc1nccnc1CC[C@@H]1COCCN1S(=O)(=O)N(C)C. The molecule has 0 amide bonds. The normalized spacial score (nSPS) is 20.9. The van der Waals surface area contributed by atoms with Crippen LogP contribution in [0.1, 0.15) is 17.8 Å². The van der Waals surface area contributed by atoms with Gasteiger partial charge in [0.2, 0.25) is 0 Å². The second-order valence-corrected chi connectivity index (χ2v) is 7.35. The van der Waals surface area contributed by atoms with Gasteiger partial charge in [-0.15, -0.1) is 0 Å². The Labute approximate surface area is 126 Å². The molecule has 0 N–H and O–H groups in total. The van der Waals surface area contributed by atoms with Crippen molar-refractivity contribution in [3.8, 4) is 0 Å². The molecule has 0 aliphatic carbocycles. The van der Waals surface area contributed by atoms with Crippen LogP contribution in [0.5, 0.6) is 0 Å². The second kappa shape index (κ2) is 6.78. The molecular weight excluding hydrogens is 292 g/mol. The van der Waals surface area contributed by atoms with E-state index in [1.54, 1.807) is 26.5 Å². The number of nitrogens with zero attached hydrogens (tertiary/aromatic N) is 4. The lowest BCUT2D eigenvalue weighted by atomic mass is 10.1. The van der Waals surface area contributed by atoms with Gasteiger partial charge < -0.3 is 4.74 Å². The van der Waals surface area contributed by atoms with Gasteiger partial charge in [0, 0.05) is 39.1 Å². The highest BCUT2D eigenvalue weighted by Gasteiger charge is 2.34. The van der Waals surface area contributed by atoms with E-state index in [4.69, 9.17) is 4.74 Å². The van der Waals surface area contributed by atoms with E-state index in [1.165, 1.54) is 8.61 Å². The van der Waals surface area contributed by atoms with Crippen molar-refractivity contribution in [2.75, 3.05) is 33.9 Å². The summed E-state index contributed by atoms with van der Waals surface area (Å²) in [4.78, 5) is 8.51. The third-order valence-electron chi connectivity index (χ3n) is 3.63. The predicted octanol–water partition coefficient (Wildman–Crippen LogP) is 0.225. The Morgan fingerprint density at radius 2 is 2.10 bits per heavy atom. The van der Waals surface area contributed by atoms with Gasteiger partial charge in [-0.1, -0.05) is 0 Å². The van der Waals surface area contributed by atoms with Gasteiger partial charge in [-0.05, 0) is 19.8 Å². The number of morpholine rings is 1. The highest BCUT2D eigenvalue weighted by Crippen LogP contribution is 2.19. The van der Waals surface area contributed by atoms with E-state index in [0.29, 0.717) is 32.6 Å². The first kappa shape index (κ1) is 16.3. The molecule has 1 fully saturated rings. The van der Waals surface area contributed by atoms with Crippen LogP contribution < -0.4 is 0 Å². The van der Waals surface area contributed by atoms with Crippen molar-refractivity contribution >= 4 is 10.2 Å². The average molecular weight is 314 g/mol. The minimum absolute atomic E-state index is 0.160. The fraction of sp³-hybridized carbons (Fsp3) is 0.692. The smallest absolute Gasteiger partial charge is 0.281 e. The van der Waals surface area contributed by atoms with Crippen LogP contribution in [0.3, 0.4) is 0 Å². The summed E-state index contributed by atoms with van der Waals surface area (Å²) in [5.74, 6) is 0. The largest absolute Gasteiger partial charge is 0.378 e. The topological polar surface area (TPSA) is 75.6 Å². The van der Waals surface area contributed by atoms with Crippen molar-refractivity contribution in [1.29, 1.82) is 0 Å². The molecular formula is C13H22N4O3S. The van der Waals surface area contributed by atoms with E-state index in [0.717, 1.165) is 11.4 Å². The van der Waals surface area contributed by atoms with E-state index in [1.807, 2.05) is 6.92 Å². The summed E-state index contributed by atoms with van der Waals surface area (Å²) in [6.45, 7) is 3.17. The minimum Gasteiger partial charge on any atom is -0.378 e. The average Bonchev–Trinajstić information content (AvgIpc) is 2.46.